The van der Waals surface area contributed by atoms with Crippen LogP contribution >= 0.6 is 0 Å². The predicted octanol–water partition coefficient (Wildman–Crippen LogP) is 4.38. The minimum Gasteiger partial charge on any atom is -0.455 e. The molecule has 1 heterocycles. The van der Waals surface area contributed by atoms with Gasteiger partial charge in [0.1, 0.15) is 17.3 Å². The van der Waals surface area contributed by atoms with E-state index >= 15 is 0 Å². The Labute approximate surface area is 144 Å². The van der Waals surface area contributed by atoms with Gasteiger partial charge >= 0.3 is 11.8 Å². The van der Waals surface area contributed by atoms with Gasteiger partial charge in [0.25, 0.3) is 0 Å². The van der Waals surface area contributed by atoms with Gasteiger partial charge in [-0.1, -0.05) is 0 Å². The van der Waals surface area contributed by atoms with Crippen molar-refractivity contribution in [1.29, 1.82) is 0 Å². The summed E-state index contributed by atoms with van der Waals surface area (Å²) in [5.74, 6) is -9.65. The normalized spacial score (nSPS) is 28.2. The molecule has 3 aliphatic rings. The average Bonchev–Trinajstić information content (AvgIpc) is 3.25. The standard InChI is InChI=1S/C18H12F5NO2/c19-9-5-10(7-24-6-9)26-12-2-1-11-13-14(12)15(3-4-15)8-16(13,25)18(22,23)17(11,20)21/h1-2,5-7,25H,3-4,8H2. The van der Waals surface area contributed by atoms with Gasteiger partial charge in [0.15, 0.2) is 5.60 Å². The highest BCUT2D eigenvalue weighted by Gasteiger charge is 2.81. The lowest BCUT2D eigenvalue weighted by atomic mass is 9.90. The van der Waals surface area contributed by atoms with Crippen LogP contribution in [0, 0.1) is 5.82 Å². The van der Waals surface area contributed by atoms with Gasteiger partial charge in [0, 0.05) is 28.2 Å². The second kappa shape index (κ2) is 4.36. The molecule has 1 saturated carbocycles. The van der Waals surface area contributed by atoms with E-state index < -0.39 is 46.2 Å². The van der Waals surface area contributed by atoms with Gasteiger partial charge in [-0.2, -0.15) is 17.6 Å². The van der Waals surface area contributed by atoms with Gasteiger partial charge in [-0.25, -0.2) is 4.39 Å². The summed E-state index contributed by atoms with van der Waals surface area (Å²) in [7, 11) is 0. The van der Waals surface area contributed by atoms with Crippen LogP contribution in [0.1, 0.15) is 36.0 Å². The first-order valence-corrected chi connectivity index (χ1v) is 8.07. The fourth-order valence-corrected chi connectivity index (χ4v) is 4.40. The quantitative estimate of drug-likeness (QED) is 0.799. The zero-order chi connectivity index (χ0) is 18.5. The smallest absolute Gasteiger partial charge is 0.346 e. The van der Waals surface area contributed by atoms with E-state index in [2.05, 4.69) is 4.98 Å². The van der Waals surface area contributed by atoms with Crippen LogP contribution in [0.4, 0.5) is 22.0 Å². The second-order valence-corrected chi connectivity index (χ2v) is 7.27. The molecule has 0 saturated heterocycles. The van der Waals surface area contributed by atoms with E-state index in [1.165, 1.54) is 12.3 Å². The fourth-order valence-electron chi connectivity index (χ4n) is 4.40. The van der Waals surface area contributed by atoms with Crippen LogP contribution in [0.15, 0.2) is 30.6 Å². The van der Waals surface area contributed by atoms with Crippen LogP contribution in [-0.4, -0.2) is 16.0 Å². The second-order valence-electron chi connectivity index (χ2n) is 7.27. The highest BCUT2D eigenvalue weighted by atomic mass is 19.3. The maximum atomic E-state index is 14.5. The first-order valence-electron chi connectivity index (χ1n) is 8.07. The van der Waals surface area contributed by atoms with E-state index in [9.17, 15) is 27.1 Å². The number of aliphatic hydroxyl groups is 1. The number of rotatable bonds is 2. The summed E-state index contributed by atoms with van der Waals surface area (Å²) in [5.41, 5.74) is -4.87. The van der Waals surface area contributed by atoms with E-state index in [1.54, 1.807) is 0 Å². The fraction of sp³-hybridized carbons (Fsp3) is 0.389. The molecule has 8 heteroatoms. The van der Waals surface area contributed by atoms with Crippen molar-refractivity contribution in [2.75, 3.05) is 0 Å². The van der Waals surface area contributed by atoms with Crippen LogP contribution in [0.2, 0.25) is 0 Å². The number of aromatic nitrogens is 1. The summed E-state index contributed by atoms with van der Waals surface area (Å²) in [6.45, 7) is 0. The molecule has 1 N–H and O–H groups in total. The molecule has 3 aliphatic carbocycles. The van der Waals surface area contributed by atoms with Gasteiger partial charge in [0.2, 0.25) is 0 Å². The summed E-state index contributed by atoms with van der Waals surface area (Å²) >= 11 is 0. The van der Waals surface area contributed by atoms with Crippen molar-refractivity contribution in [3.8, 4) is 11.5 Å². The highest BCUT2D eigenvalue weighted by Crippen LogP contribution is 2.74. The number of hydrogen-bond acceptors (Lipinski definition) is 3. The Morgan fingerprint density at radius 1 is 1.04 bits per heavy atom. The molecule has 2 aromatic rings. The maximum Gasteiger partial charge on any atom is 0.346 e. The van der Waals surface area contributed by atoms with E-state index in [0.717, 1.165) is 18.3 Å². The number of pyridine rings is 1. The van der Waals surface area contributed by atoms with Crippen molar-refractivity contribution in [2.45, 2.75) is 42.1 Å². The first-order chi connectivity index (χ1) is 12.1. The Hall–Kier alpha value is -2.22. The molecule has 3 nitrogen and oxygen atoms in total. The van der Waals surface area contributed by atoms with Gasteiger partial charge in [-0.3, -0.25) is 4.98 Å². The molecule has 1 atom stereocenters. The number of nitrogens with zero attached hydrogens (tertiary/aromatic N) is 1. The minimum absolute atomic E-state index is 0.0176. The minimum atomic E-state index is -4.61. The molecule has 1 unspecified atom stereocenters. The lowest BCUT2D eigenvalue weighted by molar-refractivity contribution is -0.287. The Morgan fingerprint density at radius 2 is 1.77 bits per heavy atom. The van der Waals surface area contributed by atoms with Crippen molar-refractivity contribution >= 4 is 0 Å². The van der Waals surface area contributed by atoms with E-state index in [0.29, 0.717) is 12.8 Å². The molecule has 1 aromatic heterocycles. The number of halogens is 5. The average molecular weight is 369 g/mol. The molecule has 1 spiro atoms. The molecule has 1 aromatic carbocycles. The van der Waals surface area contributed by atoms with Gasteiger partial charge < -0.3 is 9.84 Å². The molecule has 0 aliphatic heterocycles. The third-order valence-electron chi connectivity index (χ3n) is 5.72. The van der Waals surface area contributed by atoms with Crippen LogP contribution in [-0.2, 0) is 16.9 Å². The zero-order valence-electron chi connectivity index (χ0n) is 13.2. The van der Waals surface area contributed by atoms with E-state index in [4.69, 9.17) is 4.74 Å². The number of fused-ring (bicyclic) bond motifs is 1. The third kappa shape index (κ3) is 1.64. The van der Waals surface area contributed by atoms with Gasteiger partial charge in [0.05, 0.1) is 12.4 Å². The Morgan fingerprint density at radius 3 is 2.42 bits per heavy atom. The summed E-state index contributed by atoms with van der Waals surface area (Å²) in [4.78, 5) is 3.64. The van der Waals surface area contributed by atoms with Crippen LogP contribution in [0.3, 0.4) is 0 Å². The molecular formula is C18H12F5NO2. The SMILES string of the molecule is OC12CC3(CC3)c3c(Oc4cncc(F)c4)ccc(c31)C(F)(F)C2(F)F. The number of ether oxygens (including phenoxy) is 1. The molecule has 5 rings (SSSR count). The van der Waals surface area contributed by atoms with Crippen molar-refractivity contribution in [1.82, 2.24) is 4.98 Å². The van der Waals surface area contributed by atoms with Gasteiger partial charge in [-0.15, -0.1) is 0 Å². The van der Waals surface area contributed by atoms with Crippen molar-refractivity contribution in [3.63, 3.8) is 0 Å². The number of hydrogen-bond donors (Lipinski definition) is 1. The Balaban J connectivity index is 1.73. The summed E-state index contributed by atoms with van der Waals surface area (Å²) in [5, 5.41) is 10.6. The molecule has 1 fully saturated rings. The van der Waals surface area contributed by atoms with Crippen LogP contribution in [0.25, 0.3) is 0 Å². The molecule has 0 bridgehead atoms. The molecule has 26 heavy (non-hydrogen) atoms. The third-order valence-corrected chi connectivity index (χ3v) is 5.72. The van der Waals surface area contributed by atoms with E-state index in [-0.39, 0.29) is 17.1 Å². The lowest BCUT2D eigenvalue weighted by Crippen LogP contribution is -2.48. The Kier molecular flexibility index (Phi) is 2.68. The first kappa shape index (κ1) is 16.0. The number of benzene rings is 1. The molecular weight excluding hydrogens is 357 g/mol. The molecule has 136 valence electrons. The summed E-state index contributed by atoms with van der Waals surface area (Å²) in [6.07, 6.45) is 2.70. The van der Waals surface area contributed by atoms with Gasteiger partial charge in [-0.05, 0) is 31.4 Å². The zero-order valence-corrected chi connectivity index (χ0v) is 13.2. The van der Waals surface area contributed by atoms with Crippen molar-refractivity contribution < 1.29 is 31.8 Å². The molecule has 0 amide bonds. The Bertz CT molecular complexity index is 957. The highest BCUT2D eigenvalue weighted by molar-refractivity contribution is 5.64. The molecule has 0 radical (unpaired) electrons. The monoisotopic (exact) mass is 369 g/mol. The van der Waals surface area contributed by atoms with Crippen molar-refractivity contribution in [2.24, 2.45) is 0 Å². The topological polar surface area (TPSA) is 42.4 Å². The largest absolute Gasteiger partial charge is 0.455 e. The maximum absolute atomic E-state index is 14.5. The summed E-state index contributed by atoms with van der Waals surface area (Å²) in [6, 6.07) is 3.09. The van der Waals surface area contributed by atoms with Crippen molar-refractivity contribution in [3.05, 3.63) is 53.1 Å². The predicted molar refractivity (Wildman–Crippen MR) is 79.0 cm³/mol. The van der Waals surface area contributed by atoms with Crippen LogP contribution < -0.4 is 4.74 Å². The summed E-state index contributed by atoms with van der Waals surface area (Å²) < 4.78 is 76.5. The lowest BCUT2D eigenvalue weighted by Gasteiger charge is -2.31. The van der Waals surface area contributed by atoms with Crippen LogP contribution in [0.5, 0.6) is 11.5 Å². The van der Waals surface area contributed by atoms with E-state index in [1.807, 2.05) is 0 Å². The number of alkyl halides is 4.